The first-order chi connectivity index (χ1) is 14.5. The highest BCUT2D eigenvalue weighted by molar-refractivity contribution is 5.74. The molecule has 9 heteroatoms. The second kappa shape index (κ2) is 9.23. The van der Waals surface area contributed by atoms with E-state index in [1.54, 1.807) is 20.8 Å². The zero-order chi connectivity index (χ0) is 22.8. The van der Waals surface area contributed by atoms with Gasteiger partial charge in [0.25, 0.3) is 0 Å². The molecule has 1 aromatic rings. The van der Waals surface area contributed by atoms with Crippen LogP contribution in [-0.2, 0) is 28.5 Å². The maximum Gasteiger partial charge on any atom is 0.410 e. The zero-order valence-electron chi connectivity index (χ0n) is 18.5. The molecule has 2 fully saturated rings. The second-order valence-electron chi connectivity index (χ2n) is 8.76. The summed E-state index contributed by atoms with van der Waals surface area (Å²) in [5.74, 6) is -0.812. The molecule has 31 heavy (non-hydrogen) atoms. The lowest BCUT2D eigenvalue weighted by molar-refractivity contribution is -0.277. The van der Waals surface area contributed by atoms with Crippen molar-refractivity contribution in [2.24, 2.45) is 0 Å². The first-order valence-electron chi connectivity index (χ1n) is 10.3. The van der Waals surface area contributed by atoms with E-state index in [0.29, 0.717) is 0 Å². The first kappa shape index (κ1) is 23.0. The van der Waals surface area contributed by atoms with Crippen LogP contribution < -0.4 is 5.32 Å². The third-order valence-corrected chi connectivity index (χ3v) is 4.98. The number of benzene rings is 1. The summed E-state index contributed by atoms with van der Waals surface area (Å²) in [6.45, 7) is 8.25. The van der Waals surface area contributed by atoms with Gasteiger partial charge >= 0.3 is 12.1 Å². The fourth-order valence-electron chi connectivity index (χ4n) is 3.84. The average Bonchev–Trinajstić information content (AvgIpc) is 2.67. The molecule has 0 bridgehead atoms. The summed E-state index contributed by atoms with van der Waals surface area (Å²) in [5, 5.41) is 2.79. The van der Waals surface area contributed by atoms with Gasteiger partial charge in [-0.15, -0.1) is 0 Å². The van der Waals surface area contributed by atoms with E-state index in [1.165, 1.54) is 18.7 Å². The molecule has 2 amide bonds. The summed E-state index contributed by atoms with van der Waals surface area (Å²) in [5.41, 5.74) is 0.0965. The second-order valence-corrected chi connectivity index (χ2v) is 8.76. The number of nitrogens with one attached hydrogen (secondary N) is 1. The predicted molar refractivity (Wildman–Crippen MR) is 110 cm³/mol. The van der Waals surface area contributed by atoms with Gasteiger partial charge in [0.05, 0.1) is 18.7 Å². The maximum atomic E-state index is 13.0. The lowest BCUT2D eigenvalue weighted by atomic mass is 9.91. The van der Waals surface area contributed by atoms with Crippen LogP contribution in [0.3, 0.4) is 0 Å². The largest absolute Gasteiger partial charge is 0.457 e. The van der Waals surface area contributed by atoms with Crippen molar-refractivity contribution in [2.75, 3.05) is 13.2 Å². The van der Waals surface area contributed by atoms with Gasteiger partial charge in [0.1, 0.15) is 11.7 Å². The van der Waals surface area contributed by atoms with Gasteiger partial charge in [-0.2, -0.15) is 0 Å². The van der Waals surface area contributed by atoms with E-state index in [0.717, 1.165) is 5.56 Å². The zero-order valence-corrected chi connectivity index (χ0v) is 18.5. The Balaban J connectivity index is 1.93. The van der Waals surface area contributed by atoms with E-state index >= 15 is 0 Å². The van der Waals surface area contributed by atoms with E-state index < -0.39 is 48.2 Å². The number of nitrogens with zero attached hydrogens (tertiary/aromatic N) is 1. The highest BCUT2D eigenvalue weighted by Gasteiger charge is 2.52. The van der Waals surface area contributed by atoms with E-state index in [2.05, 4.69) is 5.32 Å². The quantitative estimate of drug-likeness (QED) is 0.727. The van der Waals surface area contributed by atoms with Crippen molar-refractivity contribution in [3.05, 3.63) is 35.9 Å². The molecule has 0 aromatic heterocycles. The van der Waals surface area contributed by atoms with Crippen LogP contribution in [0.15, 0.2) is 30.3 Å². The van der Waals surface area contributed by atoms with Crippen molar-refractivity contribution in [3.63, 3.8) is 0 Å². The van der Waals surface area contributed by atoms with E-state index in [-0.39, 0.29) is 19.1 Å². The number of esters is 1. The maximum absolute atomic E-state index is 13.0. The number of ether oxygens (including phenoxy) is 4. The van der Waals surface area contributed by atoms with Crippen molar-refractivity contribution in [1.82, 2.24) is 10.2 Å². The van der Waals surface area contributed by atoms with Gasteiger partial charge in [-0.05, 0) is 20.8 Å². The van der Waals surface area contributed by atoms with Crippen LogP contribution in [0.5, 0.6) is 0 Å². The Morgan fingerprint density at radius 3 is 2.39 bits per heavy atom. The van der Waals surface area contributed by atoms with Gasteiger partial charge in [0.2, 0.25) is 5.91 Å². The summed E-state index contributed by atoms with van der Waals surface area (Å²) < 4.78 is 23.3. The molecule has 9 nitrogen and oxygen atoms in total. The number of fused-ring (bicyclic) bond motifs is 1. The SMILES string of the molecule is CC(=O)N[C@@H]1CN(C(=O)OC(C)(C)C)[C@@H]2CO[C@H](c3ccccc3)O[C@@H]2[C@H]1OC(C)=O. The van der Waals surface area contributed by atoms with E-state index in [1.807, 2.05) is 30.3 Å². The summed E-state index contributed by atoms with van der Waals surface area (Å²) >= 11 is 0. The molecule has 0 aliphatic carbocycles. The minimum atomic E-state index is -0.791. The summed E-state index contributed by atoms with van der Waals surface area (Å²) in [6, 6.07) is 8.14. The summed E-state index contributed by atoms with van der Waals surface area (Å²) in [6.07, 6.45) is -2.76. The highest BCUT2D eigenvalue weighted by Crippen LogP contribution is 2.35. The monoisotopic (exact) mass is 434 g/mol. The number of rotatable bonds is 3. The van der Waals surface area contributed by atoms with Gasteiger partial charge in [0.15, 0.2) is 12.4 Å². The number of piperidine rings is 1. The Hall–Kier alpha value is -2.65. The van der Waals surface area contributed by atoms with E-state index in [4.69, 9.17) is 18.9 Å². The van der Waals surface area contributed by atoms with Crippen molar-refractivity contribution >= 4 is 18.0 Å². The Labute approximate surface area is 182 Å². The van der Waals surface area contributed by atoms with E-state index in [9.17, 15) is 14.4 Å². The predicted octanol–water partition coefficient (Wildman–Crippen LogP) is 2.16. The van der Waals surface area contributed by atoms with Crippen LogP contribution in [-0.4, -0.2) is 65.9 Å². The number of carbonyl (C=O) groups excluding carboxylic acids is 3. The van der Waals surface area contributed by atoms with Crippen LogP contribution in [0.1, 0.15) is 46.5 Å². The van der Waals surface area contributed by atoms with Gasteiger partial charge in [-0.3, -0.25) is 14.5 Å². The number of hydrogen-bond donors (Lipinski definition) is 1. The molecule has 0 radical (unpaired) electrons. The average molecular weight is 434 g/mol. The molecule has 2 heterocycles. The highest BCUT2D eigenvalue weighted by atomic mass is 16.7. The molecule has 5 atom stereocenters. The topological polar surface area (TPSA) is 103 Å². The Morgan fingerprint density at radius 1 is 1.13 bits per heavy atom. The molecule has 170 valence electrons. The van der Waals surface area contributed by atoms with Crippen LogP contribution in [0.4, 0.5) is 4.79 Å². The minimum Gasteiger partial charge on any atom is -0.457 e. The molecule has 0 unspecified atom stereocenters. The lowest BCUT2D eigenvalue weighted by Crippen LogP contribution is -2.70. The summed E-state index contributed by atoms with van der Waals surface area (Å²) in [7, 11) is 0. The van der Waals surface area contributed by atoms with Gasteiger partial charge in [-0.25, -0.2) is 4.79 Å². The third-order valence-electron chi connectivity index (χ3n) is 4.98. The molecule has 0 spiro atoms. The van der Waals surface area contributed by atoms with Gasteiger partial charge in [-0.1, -0.05) is 30.3 Å². The Bertz CT molecular complexity index is 808. The normalized spacial score (nSPS) is 28.3. The van der Waals surface area contributed by atoms with Crippen molar-refractivity contribution in [2.45, 2.75) is 70.8 Å². The van der Waals surface area contributed by atoms with Crippen molar-refractivity contribution in [1.29, 1.82) is 0 Å². The molecule has 2 saturated heterocycles. The number of carbonyl (C=O) groups is 3. The fourth-order valence-corrected chi connectivity index (χ4v) is 3.84. The molecule has 1 aromatic carbocycles. The standard InChI is InChI=1S/C22H30N2O7/c1-13(25)23-16-11-24(21(27)31-22(3,4)5)17-12-28-20(15-9-7-6-8-10-15)30-19(17)18(16)29-14(2)26/h6-10,16-20H,11-12H2,1-5H3,(H,23,25)/t16-,17-,18+,19+,20+/m1/s1. The molecule has 2 aliphatic heterocycles. The molecular weight excluding hydrogens is 404 g/mol. The molecular formula is C22H30N2O7. The molecule has 2 aliphatic rings. The van der Waals surface area contributed by atoms with Gasteiger partial charge in [0, 0.05) is 26.0 Å². The molecule has 0 saturated carbocycles. The van der Waals surface area contributed by atoms with Crippen molar-refractivity contribution in [3.8, 4) is 0 Å². The number of likely N-dealkylation sites (tertiary alicyclic amines) is 1. The third kappa shape index (κ3) is 5.74. The number of amides is 2. The minimum absolute atomic E-state index is 0.0936. The summed E-state index contributed by atoms with van der Waals surface area (Å²) in [4.78, 5) is 38.1. The molecule has 3 rings (SSSR count). The van der Waals surface area contributed by atoms with Gasteiger partial charge < -0.3 is 24.3 Å². The Kier molecular flexibility index (Phi) is 6.86. The smallest absolute Gasteiger partial charge is 0.410 e. The Morgan fingerprint density at radius 2 is 1.81 bits per heavy atom. The fraction of sp³-hybridized carbons (Fsp3) is 0.591. The van der Waals surface area contributed by atoms with Crippen LogP contribution in [0.2, 0.25) is 0 Å². The lowest BCUT2D eigenvalue weighted by Gasteiger charge is -2.51. The first-order valence-corrected chi connectivity index (χ1v) is 10.3. The number of hydrogen-bond acceptors (Lipinski definition) is 7. The van der Waals surface area contributed by atoms with Crippen LogP contribution in [0, 0.1) is 0 Å². The van der Waals surface area contributed by atoms with Crippen molar-refractivity contribution < 1.29 is 33.3 Å². The van der Waals surface area contributed by atoms with Crippen LogP contribution >= 0.6 is 0 Å². The molecule has 1 N–H and O–H groups in total. The van der Waals surface area contributed by atoms with Crippen LogP contribution in [0.25, 0.3) is 0 Å².